The van der Waals surface area contributed by atoms with Gasteiger partial charge < -0.3 is 4.74 Å². The van der Waals surface area contributed by atoms with E-state index in [-0.39, 0.29) is 0 Å². The number of hydrogen-bond acceptors (Lipinski definition) is 1. The Labute approximate surface area is 63.1 Å². The highest BCUT2D eigenvalue weighted by molar-refractivity contribution is 4.89. The van der Waals surface area contributed by atoms with E-state index in [0.29, 0.717) is 6.10 Å². The fraction of sp³-hybridized carbons (Fsp3) is 0.778. The van der Waals surface area contributed by atoms with E-state index < -0.39 is 0 Å². The number of ether oxygens (including phenoxy) is 1. The van der Waals surface area contributed by atoms with Crippen LogP contribution in [0.2, 0.25) is 0 Å². The highest BCUT2D eigenvalue weighted by Crippen LogP contribution is 2.14. The van der Waals surface area contributed by atoms with Crippen molar-refractivity contribution >= 4 is 0 Å². The number of hydrogen-bond donors (Lipinski definition) is 0. The third kappa shape index (κ3) is 2.53. The summed E-state index contributed by atoms with van der Waals surface area (Å²) < 4.78 is 5.50. The maximum Gasteiger partial charge on any atom is 0.0651 e. The van der Waals surface area contributed by atoms with Crippen molar-refractivity contribution in [3.63, 3.8) is 0 Å². The van der Waals surface area contributed by atoms with Gasteiger partial charge in [0.1, 0.15) is 0 Å². The second-order valence-corrected chi connectivity index (χ2v) is 3.29. The standard InChI is InChI=1S/C9H16O/c1-8(2)7-9-5-3-4-6-10-9/h3-4,8-9H,5-7H2,1-2H3. The topological polar surface area (TPSA) is 9.23 Å². The molecule has 1 nitrogen and oxygen atoms in total. The minimum absolute atomic E-state index is 0.491. The highest BCUT2D eigenvalue weighted by Gasteiger charge is 2.10. The Bertz CT molecular complexity index is 116. The van der Waals surface area contributed by atoms with E-state index in [1.165, 1.54) is 6.42 Å². The molecule has 1 aliphatic rings. The van der Waals surface area contributed by atoms with Crippen LogP contribution in [-0.4, -0.2) is 12.7 Å². The van der Waals surface area contributed by atoms with Crippen LogP contribution in [0, 0.1) is 5.92 Å². The molecular formula is C9H16O. The lowest BCUT2D eigenvalue weighted by atomic mass is 10.0. The summed E-state index contributed by atoms with van der Waals surface area (Å²) in [6.07, 6.45) is 7.11. The number of rotatable bonds is 2. The molecule has 1 unspecified atom stereocenters. The van der Waals surface area contributed by atoms with Crippen molar-refractivity contribution in [3.8, 4) is 0 Å². The van der Waals surface area contributed by atoms with E-state index >= 15 is 0 Å². The van der Waals surface area contributed by atoms with Gasteiger partial charge in [-0.25, -0.2) is 0 Å². The lowest BCUT2D eigenvalue weighted by molar-refractivity contribution is 0.0528. The van der Waals surface area contributed by atoms with Crippen molar-refractivity contribution in [2.75, 3.05) is 6.61 Å². The molecule has 0 aromatic rings. The van der Waals surface area contributed by atoms with Crippen LogP contribution in [0.5, 0.6) is 0 Å². The summed E-state index contributed by atoms with van der Waals surface area (Å²) in [5.74, 6) is 0.761. The summed E-state index contributed by atoms with van der Waals surface area (Å²) in [5, 5.41) is 0. The van der Waals surface area contributed by atoms with Gasteiger partial charge in [-0.1, -0.05) is 26.0 Å². The summed E-state index contributed by atoms with van der Waals surface area (Å²) in [4.78, 5) is 0. The molecule has 10 heavy (non-hydrogen) atoms. The molecule has 0 bridgehead atoms. The minimum atomic E-state index is 0.491. The van der Waals surface area contributed by atoms with E-state index in [1.807, 2.05) is 0 Å². The summed E-state index contributed by atoms with van der Waals surface area (Å²) >= 11 is 0. The summed E-state index contributed by atoms with van der Waals surface area (Å²) in [5.41, 5.74) is 0. The van der Waals surface area contributed by atoms with E-state index in [0.717, 1.165) is 18.9 Å². The second kappa shape index (κ2) is 3.77. The van der Waals surface area contributed by atoms with Crippen LogP contribution in [0.1, 0.15) is 26.7 Å². The van der Waals surface area contributed by atoms with E-state index in [4.69, 9.17) is 4.74 Å². The zero-order valence-electron chi connectivity index (χ0n) is 6.84. The normalized spacial score (nSPS) is 25.7. The lowest BCUT2D eigenvalue weighted by Crippen LogP contribution is -2.17. The third-order valence-electron chi connectivity index (χ3n) is 1.73. The molecule has 0 radical (unpaired) electrons. The molecule has 0 saturated carbocycles. The van der Waals surface area contributed by atoms with Crippen LogP contribution >= 0.6 is 0 Å². The maximum absolute atomic E-state index is 5.50. The average Bonchev–Trinajstić information content (AvgIpc) is 1.88. The van der Waals surface area contributed by atoms with Gasteiger partial charge in [-0.3, -0.25) is 0 Å². The third-order valence-corrected chi connectivity index (χ3v) is 1.73. The Hall–Kier alpha value is -0.300. The van der Waals surface area contributed by atoms with Crippen molar-refractivity contribution in [1.82, 2.24) is 0 Å². The minimum Gasteiger partial charge on any atom is -0.374 e. The molecule has 1 heteroatoms. The average molecular weight is 140 g/mol. The van der Waals surface area contributed by atoms with Crippen LogP contribution < -0.4 is 0 Å². The predicted molar refractivity (Wildman–Crippen MR) is 43.0 cm³/mol. The molecule has 0 saturated heterocycles. The van der Waals surface area contributed by atoms with Gasteiger partial charge in [0.15, 0.2) is 0 Å². The molecule has 1 rings (SSSR count). The molecule has 0 aliphatic carbocycles. The van der Waals surface area contributed by atoms with Crippen molar-refractivity contribution < 1.29 is 4.74 Å². The van der Waals surface area contributed by atoms with Crippen LogP contribution in [0.25, 0.3) is 0 Å². The van der Waals surface area contributed by atoms with Crippen LogP contribution in [0.3, 0.4) is 0 Å². The smallest absolute Gasteiger partial charge is 0.0651 e. The Kier molecular flexibility index (Phi) is 2.94. The lowest BCUT2D eigenvalue weighted by Gasteiger charge is -2.20. The van der Waals surface area contributed by atoms with Gasteiger partial charge in [-0.2, -0.15) is 0 Å². The molecule has 0 fully saturated rings. The predicted octanol–water partition coefficient (Wildman–Crippen LogP) is 2.38. The summed E-state index contributed by atoms with van der Waals surface area (Å²) in [6.45, 7) is 5.29. The van der Waals surface area contributed by atoms with Crippen LogP contribution in [0.15, 0.2) is 12.2 Å². The fourth-order valence-corrected chi connectivity index (χ4v) is 1.27. The highest BCUT2D eigenvalue weighted by atomic mass is 16.5. The Morgan fingerprint density at radius 1 is 1.50 bits per heavy atom. The molecule has 58 valence electrons. The van der Waals surface area contributed by atoms with Gasteiger partial charge in [-0.15, -0.1) is 0 Å². The van der Waals surface area contributed by atoms with E-state index in [1.54, 1.807) is 0 Å². The van der Waals surface area contributed by atoms with Crippen molar-refractivity contribution in [3.05, 3.63) is 12.2 Å². The monoisotopic (exact) mass is 140 g/mol. The zero-order chi connectivity index (χ0) is 7.40. The molecule has 0 aromatic carbocycles. The van der Waals surface area contributed by atoms with Crippen molar-refractivity contribution in [2.45, 2.75) is 32.8 Å². The van der Waals surface area contributed by atoms with Gasteiger partial charge in [0.25, 0.3) is 0 Å². The second-order valence-electron chi connectivity index (χ2n) is 3.29. The van der Waals surface area contributed by atoms with Gasteiger partial charge in [0.05, 0.1) is 12.7 Å². The molecule has 0 amide bonds. The van der Waals surface area contributed by atoms with Crippen molar-refractivity contribution in [2.24, 2.45) is 5.92 Å². The SMILES string of the molecule is CC(C)CC1CC=CCO1. The van der Waals surface area contributed by atoms with Gasteiger partial charge in [-0.05, 0) is 18.8 Å². The van der Waals surface area contributed by atoms with E-state index in [2.05, 4.69) is 26.0 Å². The molecular weight excluding hydrogens is 124 g/mol. The first-order chi connectivity index (χ1) is 4.79. The fourth-order valence-electron chi connectivity index (χ4n) is 1.27. The summed E-state index contributed by atoms with van der Waals surface area (Å²) in [6, 6.07) is 0. The molecule has 0 N–H and O–H groups in total. The molecule has 1 atom stereocenters. The van der Waals surface area contributed by atoms with Gasteiger partial charge in [0.2, 0.25) is 0 Å². The Morgan fingerprint density at radius 2 is 2.30 bits per heavy atom. The molecule has 0 spiro atoms. The maximum atomic E-state index is 5.50. The zero-order valence-corrected chi connectivity index (χ0v) is 6.84. The first-order valence-electron chi connectivity index (χ1n) is 4.05. The van der Waals surface area contributed by atoms with Crippen LogP contribution in [0.4, 0.5) is 0 Å². The van der Waals surface area contributed by atoms with Gasteiger partial charge >= 0.3 is 0 Å². The molecule has 1 aliphatic heterocycles. The molecule has 1 heterocycles. The van der Waals surface area contributed by atoms with Crippen LogP contribution in [-0.2, 0) is 4.74 Å². The first kappa shape index (κ1) is 7.80. The largest absolute Gasteiger partial charge is 0.374 e. The molecule has 0 aromatic heterocycles. The van der Waals surface area contributed by atoms with Crippen molar-refractivity contribution in [1.29, 1.82) is 0 Å². The van der Waals surface area contributed by atoms with E-state index in [9.17, 15) is 0 Å². The van der Waals surface area contributed by atoms with Gasteiger partial charge in [0, 0.05) is 0 Å². The summed E-state index contributed by atoms with van der Waals surface area (Å²) in [7, 11) is 0. The Balaban J connectivity index is 2.22. The first-order valence-corrected chi connectivity index (χ1v) is 4.05. The quantitative estimate of drug-likeness (QED) is 0.535. The Morgan fingerprint density at radius 3 is 2.80 bits per heavy atom.